The first-order chi connectivity index (χ1) is 14.1. The van der Waals surface area contributed by atoms with E-state index < -0.39 is 22.7 Å². The minimum Gasteiger partial charge on any atom is -0.362 e. The van der Waals surface area contributed by atoms with Gasteiger partial charge in [0.25, 0.3) is 5.69 Å². The summed E-state index contributed by atoms with van der Waals surface area (Å²) < 4.78 is 38.4. The molecule has 0 bridgehead atoms. The van der Waals surface area contributed by atoms with Crippen LogP contribution in [0.3, 0.4) is 0 Å². The van der Waals surface area contributed by atoms with E-state index in [1.54, 1.807) is 17.0 Å². The molecule has 1 saturated heterocycles. The molecule has 1 aliphatic heterocycles. The summed E-state index contributed by atoms with van der Waals surface area (Å²) in [6, 6.07) is 8.79. The van der Waals surface area contributed by atoms with Crippen molar-refractivity contribution < 1.29 is 22.9 Å². The van der Waals surface area contributed by atoms with Gasteiger partial charge in [-0.3, -0.25) is 10.1 Å². The van der Waals surface area contributed by atoms with Crippen molar-refractivity contribution in [2.45, 2.75) is 12.7 Å². The number of carbonyl (C=O) groups is 1. The van der Waals surface area contributed by atoms with E-state index in [2.05, 4.69) is 5.32 Å². The second kappa shape index (κ2) is 8.78. The number of nitro groups is 1. The van der Waals surface area contributed by atoms with Crippen LogP contribution in [0.15, 0.2) is 42.5 Å². The van der Waals surface area contributed by atoms with Crippen molar-refractivity contribution in [3.05, 3.63) is 68.7 Å². The molecule has 0 saturated carbocycles. The summed E-state index contributed by atoms with van der Waals surface area (Å²) in [6.07, 6.45) is -4.44. The Labute approximate surface area is 175 Å². The molecule has 1 aliphatic rings. The van der Waals surface area contributed by atoms with Crippen LogP contribution >= 0.6 is 11.6 Å². The number of halogens is 4. The summed E-state index contributed by atoms with van der Waals surface area (Å²) >= 11 is 5.84. The predicted molar refractivity (Wildman–Crippen MR) is 106 cm³/mol. The number of hydrogen-bond donors (Lipinski definition) is 1. The van der Waals surface area contributed by atoms with E-state index in [1.165, 1.54) is 23.1 Å². The normalized spacial score (nSPS) is 14.5. The van der Waals surface area contributed by atoms with Gasteiger partial charge in [0.2, 0.25) is 0 Å². The smallest absolute Gasteiger partial charge is 0.362 e. The average molecular weight is 443 g/mol. The number of hydrogen-bond acceptors (Lipinski definition) is 4. The third-order valence-corrected chi connectivity index (χ3v) is 4.97. The first kappa shape index (κ1) is 21.7. The van der Waals surface area contributed by atoms with Crippen molar-refractivity contribution in [1.82, 2.24) is 10.2 Å². The SMILES string of the molecule is O=C(NCc1cccc(C(F)(F)F)c1)N1CCN(c2ccc(Cl)cc2[N+](=O)[O-])CC1. The van der Waals surface area contributed by atoms with E-state index in [0.29, 0.717) is 37.4 Å². The number of alkyl halides is 3. The molecule has 0 aliphatic carbocycles. The van der Waals surface area contributed by atoms with Gasteiger partial charge in [-0.15, -0.1) is 0 Å². The van der Waals surface area contributed by atoms with E-state index in [0.717, 1.165) is 12.1 Å². The van der Waals surface area contributed by atoms with E-state index in [9.17, 15) is 28.1 Å². The molecule has 7 nitrogen and oxygen atoms in total. The van der Waals surface area contributed by atoms with Crippen molar-refractivity contribution >= 4 is 29.0 Å². The van der Waals surface area contributed by atoms with E-state index >= 15 is 0 Å². The molecule has 160 valence electrons. The Morgan fingerprint density at radius 2 is 1.83 bits per heavy atom. The summed E-state index contributed by atoms with van der Waals surface area (Å²) in [7, 11) is 0. The minimum atomic E-state index is -4.44. The molecule has 0 aromatic heterocycles. The van der Waals surface area contributed by atoms with Crippen LogP contribution in [0.5, 0.6) is 0 Å². The summed E-state index contributed by atoms with van der Waals surface area (Å²) in [4.78, 5) is 26.4. The Balaban J connectivity index is 1.57. The van der Waals surface area contributed by atoms with Crippen LogP contribution in [0.1, 0.15) is 11.1 Å². The number of amides is 2. The van der Waals surface area contributed by atoms with Gasteiger partial charge in [-0.1, -0.05) is 23.7 Å². The lowest BCUT2D eigenvalue weighted by Gasteiger charge is -2.35. The van der Waals surface area contributed by atoms with Crippen LogP contribution in [-0.2, 0) is 12.7 Å². The van der Waals surface area contributed by atoms with Gasteiger partial charge in [-0.05, 0) is 29.8 Å². The molecular formula is C19H18ClF3N4O3. The highest BCUT2D eigenvalue weighted by Crippen LogP contribution is 2.32. The molecule has 2 aromatic rings. The predicted octanol–water partition coefficient (Wildman–Crippen LogP) is 4.30. The Kier molecular flexibility index (Phi) is 6.35. The Morgan fingerprint density at radius 3 is 2.47 bits per heavy atom. The Morgan fingerprint density at radius 1 is 1.13 bits per heavy atom. The van der Waals surface area contributed by atoms with Crippen LogP contribution in [0.4, 0.5) is 29.3 Å². The number of nitro benzene ring substituents is 1. The standard InChI is InChI=1S/C19H18ClF3N4O3/c20-15-4-5-16(17(11-15)27(29)30)25-6-8-26(9-7-25)18(28)24-12-13-2-1-3-14(10-13)19(21,22)23/h1-5,10-11H,6-9,12H2,(H,24,28). The first-order valence-electron chi connectivity index (χ1n) is 9.03. The molecule has 2 aromatic carbocycles. The zero-order chi connectivity index (χ0) is 21.9. The van der Waals surface area contributed by atoms with Crippen LogP contribution in [0, 0.1) is 10.1 Å². The van der Waals surface area contributed by atoms with Gasteiger partial charge in [0.05, 0.1) is 10.5 Å². The van der Waals surface area contributed by atoms with Crippen molar-refractivity contribution in [1.29, 1.82) is 0 Å². The fourth-order valence-electron chi connectivity index (χ4n) is 3.21. The number of carbonyl (C=O) groups excluding carboxylic acids is 1. The molecule has 1 fully saturated rings. The monoisotopic (exact) mass is 442 g/mol. The maximum Gasteiger partial charge on any atom is 0.416 e. The number of nitrogens with one attached hydrogen (secondary N) is 1. The zero-order valence-electron chi connectivity index (χ0n) is 15.7. The number of anilines is 1. The van der Waals surface area contributed by atoms with Crippen molar-refractivity contribution in [3.8, 4) is 0 Å². The fourth-order valence-corrected chi connectivity index (χ4v) is 3.37. The topological polar surface area (TPSA) is 78.7 Å². The second-order valence-electron chi connectivity index (χ2n) is 6.72. The maximum atomic E-state index is 12.8. The molecule has 1 N–H and O–H groups in total. The molecule has 2 amide bonds. The van der Waals surface area contributed by atoms with Gasteiger partial charge in [-0.25, -0.2) is 4.79 Å². The molecule has 3 rings (SSSR count). The summed E-state index contributed by atoms with van der Waals surface area (Å²) in [5.74, 6) is 0. The highest BCUT2D eigenvalue weighted by atomic mass is 35.5. The number of urea groups is 1. The van der Waals surface area contributed by atoms with E-state index in [4.69, 9.17) is 11.6 Å². The van der Waals surface area contributed by atoms with Crippen LogP contribution in [-0.4, -0.2) is 42.0 Å². The quantitative estimate of drug-likeness (QED) is 0.565. The molecular weight excluding hydrogens is 425 g/mol. The van der Waals surface area contributed by atoms with Crippen molar-refractivity contribution in [2.75, 3.05) is 31.1 Å². The van der Waals surface area contributed by atoms with Crippen molar-refractivity contribution in [2.24, 2.45) is 0 Å². The lowest BCUT2D eigenvalue weighted by Crippen LogP contribution is -2.51. The number of nitrogens with zero attached hydrogens (tertiary/aromatic N) is 3. The highest BCUT2D eigenvalue weighted by molar-refractivity contribution is 6.30. The molecule has 30 heavy (non-hydrogen) atoms. The number of rotatable bonds is 4. The number of benzene rings is 2. The van der Waals surface area contributed by atoms with E-state index in [1.807, 2.05) is 0 Å². The first-order valence-corrected chi connectivity index (χ1v) is 9.41. The van der Waals surface area contributed by atoms with Crippen LogP contribution < -0.4 is 10.2 Å². The molecule has 0 atom stereocenters. The molecule has 0 spiro atoms. The second-order valence-corrected chi connectivity index (χ2v) is 7.16. The summed E-state index contributed by atoms with van der Waals surface area (Å²) in [5, 5.41) is 14.1. The van der Waals surface area contributed by atoms with Gasteiger partial charge in [0.1, 0.15) is 5.69 Å². The largest absolute Gasteiger partial charge is 0.416 e. The molecule has 0 unspecified atom stereocenters. The van der Waals surface area contributed by atoms with Crippen molar-refractivity contribution in [3.63, 3.8) is 0 Å². The lowest BCUT2D eigenvalue weighted by molar-refractivity contribution is -0.384. The minimum absolute atomic E-state index is 0.0361. The molecule has 0 radical (unpaired) electrons. The maximum absolute atomic E-state index is 12.8. The Bertz CT molecular complexity index is 947. The van der Waals surface area contributed by atoms with Crippen LogP contribution in [0.25, 0.3) is 0 Å². The van der Waals surface area contributed by atoms with Gasteiger partial charge < -0.3 is 15.1 Å². The summed E-state index contributed by atoms with van der Waals surface area (Å²) in [5.41, 5.74) is -0.112. The molecule has 1 heterocycles. The summed E-state index contributed by atoms with van der Waals surface area (Å²) in [6.45, 7) is 1.34. The van der Waals surface area contributed by atoms with Gasteiger partial charge in [0.15, 0.2) is 0 Å². The van der Waals surface area contributed by atoms with E-state index in [-0.39, 0.29) is 17.3 Å². The zero-order valence-corrected chi connectivity index (χ0v) is 16.4. The average Bonchev–Trinajstić information content (AvgIpc) is 2.71. The fraction of sp³-hybridized carbons (Fsp3) is 0.316. The van der Waals surface area contributed by atoms with Crippen LogP contribution in [0.2, 0.25) is 5.02 Å². The molecule has 11 heteroatoms. The lowest BCUT2D eigenvalue weighted by atomic mass is 10.1. The van der Waals surface area contributed by atoms with Gasteiger partial charge >= 0.3 is 12.2 Å². The number of piperazine rings is 1. The highest BCUT2D eigenvalue weighted by Gasteiger charge is 2.30. The Hall–Kier alpha value is -3.01. The van der Waals surface area contributed by atoms with Gasteiger partial charge in [-0.2, -0.15) is 13.2 Å². The third-order valence-electron chi connectivity index (χ3n) is 4.74. The van der Waals surface area contributed by atoms with Gasteiger partial charge in [0, 0.05) is 43.8 Å². The third kappa shape index (κ3) is 5.12.